The first-order chi connectivity index (χ1) is 7.36. The zero-order chi connectivity index (χ0) is 10.9. The maximum absolute atomic E-state index is 8.57. The molecule has 0 fully saturated rings. The maximum atomic E-state index is 8.57. The number of unbranched alkanes of at least 4 members (excludes halogenated alkanes) is 1. The van der Waals surface area contributed by atoms with E-state index in [9.17, 15) is 0 Å². The highest BCUT2D eigenvalue weighted by Crippen LogP contribution is 2.12. The minimum absolute atomic E-state index is 0.213. The normalized spacial score (nSPS) is 9.60. The van der Waals surface area contributed by atoms with E-state index in [1.54, 1.807) is 0 Å². The fourth-order valence-corrected chi connectivity index (χ4v) is 1.20. The Kier molecular flexibility index (Phi) is 5.28. The molecule has 0 saturated heterocycles. The topological polar surface area (TPSA) is 53.2 Å². The third-order valence-corrected chi connectivity index (χ3v) is 2.03. The Bertz CT molecular complexity index is 313. The van der Waals surface area contributed by atoms with Gasteiger partial charge >= 0.3 is 0 Å². The van der Waals surface area contributed by atoms with Gasteiger partial charge in [0.25, 0.3) is 0 Å². The van der Waals surface area contributed by atoms with E-state index in [0.717, 1.165) is 24.2 Å². The summed E-state index contributed by atoms with van der Waals surface area (Å²) in [7, 11) is 0. The van der Waals surface area contributed by atoms with Crippen LogP contribution in [0.3, 0.4) is 0 Å². The zero-order valence-corrected chi connectivity index (χ0v) is 8.65. The van der Waals surface area contributed by atoms with Gasteiger partial charge in [0.1, 0.15) is 5.75 Å². The molecule has 3 heteroatoms. The molecule has 0 aliphatic heterocycles. The lowest BCUT2D eigenvalue weighted by Gasteiger charge is -2.05. The lowest BCUT2D eigenvalue weighted by atomic mass is 10.2. The summed E-state index contributed by atoms with van der Waals surface area (Å²) in [6.07, 6.45) is 2.06. The van der Waals surface area contributed by atoms with Crippen LogP contribution in [0.1, 0.15) is 18.4 Å². The van der Waals surface area contributed by atoms with Gasteiger partial charge < -0.3 is 9.84 Å². The first-order valence-corrected chi connectivity index (χ1v) is 5.06. The Morgan fingerprint density at radius 3 is 2.53 bits per heavy atom. The average molecular weight is 205 g/mol. The molecule has 1 aromatic rings. The van der Waals surface area contributed by atoms with Crippen molar-refractivity contribution < 1.29 is 9.84 Å². The van der Waals surface area contributed by atoms with Gasteiger partial charge in [0.15, 0.2) is 0 Å². The van der Waals surface area contributed by atoms with Crippen LogP contribution in [0.25, 0.3) is 0 Å². The molecule has 3 nitrogen and oxygen atoms in total. The van der Waals surface area contributed by atoms with Gasteiger partial charge in [0.05, 0.1) is 19.1 Å². The molecule has 0 saturated carbocycles. The van der Waals surface area contributed by atoms with Crippen LogP contribution in [0.2, 0.25) is 0 Å². The van der Waals surface area contributed by atoms with Gasteiger partial charge in [-0.2, -0.15) is 5.26 Å². The SMILES string of the molecule is N#CCc1ccc(OCCCCO)cc1. The fourth-order valence-electron chi connectivity index (χ4n) is 1.20. The Hall–Kier alpha value is -1.53. The van der Waals surface area contributed by atoms with E-state index >= 15 is 0 Å². The largest absolute Gasteiger partial charge is 0.494 e. The van der Waals surface area contributed by atoms with Crippen molar-refractivity contribution in [1.29, 1.82) is 5.26 Å². The van der Waals surface area contributed by atoms with E-state index < -0.39 is 0 Å². The Balaban J connectivity index is 2.33. The van der Waals surface area contributed by atoms with Gasteiger partial charge in [-0.3, -0.25) is 0 Å². The molecule has 0 spiro atoms. The number of nitrogens with zero attached hydrogens (tertiary/aromatic N) is 1. The quantitative estimate of drug-likeness (QED) is 0.722. The van der Waals surface area contributed by atoms with Crippen molar-refractivity contribution in [3.05, 3.63) is 29.8 Å². The summed E-state index contributed by atoms with van der Waals surface area (Å²) in [5.41, 5.74) is 1.00. The molecule has 0 aliphatic rings. The van der Waals surface area contributed by atoms with Crippen molar-refractivity contribution in [2.24, 2.45) is 0 Å². The van der Waals surface area contributed by atoms with Crippen LogP contribution in [0.15, 0.2) is 24.3 Å². The minimum Gasteiger partial charge on any atom is -0.494 e. The molecule has 1 rings (SSSR count). The minimum atomic E-state index is 0.213. The monoisotopic (exact) mass is 205 g/mol. The number of hydrogen-bond acceptors (Lipinski definition) is 3. The smallest absolute Gasteiger partial charge is 0.119 e. The van der Waals surface area contributed by atoms with E-state index in [1.807, 2.05) is 24.3 Å². The molecule has 15 heavy (non-hydrogen) atoms. The van der Waals surface area contributed by atoms with E-state index in [-0.39, 0.29) is 6.61 Å². The summed E-state index contributed by atoms with van der Waals surface area (Å²) >= 11 is 0. The van der Waals surface area contributed by atoms with Crippen LogP contribution in [-0.2, 0) is 6.42 Å². The van der Waals surface area contributed by atoms with Gasteiger partial charge in [0.2, 0.25) is 0 Å². The lowest BCUT2D eigenvalue weighted by molar-refractivity contribution is 0.253. The highest BCUT2D eigenvalue weighted by Gasteiger charge is 1.95. The zero-order valence-electron chi connectivity index (χ0n) is 8.65. The maximum Gasteiger partial charge on any atom is 0.119 e. The fraction of sp³-hybridized carbons (Fsp3) is 0.417. The predicted octanol–water partition coefficient (Wildman–Crippen LogP) is 1.90. The van der Waals surface area contributed by atoms with Crippen LogP contribution in [0, 0.1) is 11.3 Å². The number of hydrogen-bond donors (Lipinski definition) is 1. The van der Waals surface area contributed by atoms with Crippen molar-refractivity contribution in [3.8, 4) is 11.8 Å². The summed E-state index contributed by atoms with van der Waals surface area (Å²) in [4.78, 5) is 0. The number of rotatable bonds is 6. The summed E-state index contributed by atoms with van der Waals surface area (Å²) in [5.74, 6) is 0.814. The lowest BCUT2D eigenvalue weighted by Crippen LogP contribution is -1.98. The molecule has 0 atom stereocenters. The third kappa shape index (κ3) is 4.48. The van der Waals surface area contributed by atoms with Gasteiger partial charge in [-0.1, -0.05) is 12.1 Å². The first-order valence-electron chi connectivity index (χ1n) is 5.06. The first kappa shape index (κ1) is 11.5. The van der Waals surface area contributed by atoms with Gasteiger partial charge in [-0.05, 0) is 30.5 Å². The van der Waals surface area contributed by atoms with Crippen LogP contribution >= 0.6 is 0 Å². The Morgan fingerprint density at radius 1 is 1.20 bits per heavy atom. The average Bonchev–Trinajstić information content (AvgIpc) is 2.27. The molecule has 0 amide bonds. The third-order valence-electron chi connectivity index (χ3n) is 2.03. The number of aliphatic hydroxyl groups is 1. The molecular formula is C12H15NO2. The number of aliphatic hydroxyl groups excluding tert-OH is 1. The molecule has 0 aromatic heterocycles. The number of ether oxygens (including phenoxy) is 1. The summed E-state index contributed by atoms with van der Waals surface area (Å²) < 4.78 is 5.45. The highest BCUT2D eigenvalue weighted by molar-refractivity contribution is 5.28. The van der Waals surface area contributed by atoms with Crippen molar-refractivity contribution in [3.63, 3.8) is 0 Å². The van der Waals surface area contributed by atoms with Crippen LogP contribution in [0.4, 0.5) is 0 Å². The standard InChI is InChI=1S/C12H15NO2/c13-8-7-11-3-5-12(6-4-11)15-10-2-1-9-14/h3-6,14H,1-2,7,9-10H2. The molecule has 0 aliphatic carbocycles. The molecule has 1 N–H and O–H groups in total. The number of nitriles is 1. The molecule has 80 valence electrons. The van der Waals surface area contributed by atoms with E-state index in [2.05, 4.69) is 6.07 Å². The summed E-state index contributed by atoms with van der Waals surface area (Å²) in [6, 6.07) is 9.62. The van der Waals surface area contributed by atoms with Crippen molar-refractivity contribution in [1.82, 2.24) is 0 Å². The second-order valence-corrected chi connectivity index (χ2v) is 3.26. The van der Waals surface area contributed by atoms with Gasteiger partial charge in [-0.25, -0.2) is 0 Å². The van der Waals surface area contributed by atoms with Gasteiger partial charge in [0, 0.05) is 6.61 Å². The molecule has 1 aromatic carbocycles. The molecule has 0 heterocycles. The predicted molar refractivity (Wildman–Crippen MR) is 57.6 cm³/mol. The summed E-state index contributed by atoms with van der Waals surface area (Å²) in [6.45, 7) is 0.836. The van der Waals surface area contributed by atoms with Crippen molar-refractivity contribution in [2.75, 3.05) is 13.2 Å². The van der Waals surface area contributed by atoms with E-state index in [4.69, 9.17) is 15.1 Å². The molecule has 0 unspecified atom stereocenters. The highest BCUT2D eigenvalue weighted by atomic mass is 16.5. The Morgan fingerprint density at radius 2 is 1.93 bits per heavy atom. The van der Waals surface area contributed by atoms with Crippen molar-refractivity contribution in [2.45, 2.75) is 19.3 Å². The molecular weight excluding hydrogens is 190 g/mol. The number of benzene rings is 1. The van der Waals surface area contributed by atoms with Crippen molar-refractivity contribution >= 4 is 0 Å². The van der Waals surface area contributed by atoms with Gasteiger partial charge in [-0.15, -0.1) is 0 Å². The Labute approximate surface area is 89.9 Å². The van der Waals surface area contributed by atoms with E-state index in [0.29, 0.717) is 13.0 Å². The summed E-state index contributed by atoms with van der Waals surface area (Å²) in [5, 5.41) is 17.1. The van der Waals surface area contributed by atoms with Crippen LogP contribution in [-0.4, -0.2) is 18.3 Å². The molecule has 0 bridgehead atoms. The molecule has 0 radical (unpaired) electrons. The van der Waals surface area contributed by atoms with Crippen LogP contribution < -0.4 is 4.74 Å². The second kappa shape index (κ2) is 6.86. The second-order valence-electron chi connectivity index (χ2n) is 3.26. The van der Waals surface area contributed by atoms with Crippen LogP contribution in [0.5, 0.6) is 5.75 Å². The van der Waals surface area contributed by atoms with E-state index in [1.165, 1.54) is 0 Å².